The molecule has 0 amide bonds. The van der Waals surface area contributed by atoms with Gasteiger partial charge in [0.1, 0.15) is 5.52 Å². The number of hydrogen-bond donors (Lipinski definition) is 2. The third-order valence-electron chi connectivity index (χ3n) is 5.60. The molecule has 8 heteroatoms. The summed E-state index contributed by atoms with van der Waals surface area (Å²) in [4.78, 5) is 22.1. The van der Waals surface area contributed by atoms with Gasteiger partial charge in [-0.05, 0) is 44.2 Å². The highest BCUT2D eigenvalue weighted by atomic mass is 32.1. The highest BCUT2D eigenvalue weighted by Gasteiger charge is 2.19. The summed E-state index contributed by atoms with van der Waals surface area (Å²) < 4.78 is 0. The van der Waals surface area contributed by atoms with E-state index in [0.717, 1.165) is 49.8 Å². The molecule has 0 saturated carbocycles. The van der Waals surface area contributed by atoms with Crippen LogP contribution in [0.2, 0.25) is 0 Å². The summed E-state index contributed by atoms with van der Waals surface area (Å²) in [5.41, 5.74) is 7.96. The van der Waals surface area contributed by atoms with Crippen LogP contribution in [-0.2, 0) is 0 Å². The topological polar surface area (TPSA) is 86.4 Å². The Labute approximate surface area is 215 Å². The van der Waals surface area contributed by atoms with Crippen molar-refractivity contribution in [1.82, 2.24) is 30.1 Å². The number of thiophene rings is 1. The van der Waals surface area contributed by atoms with Gasteiger partial charge >= 0.3 is 0 Å². The maximum atomic E-state index is 4.94. The van der Waals surface area contributed by atoms with Crippen molar-refractivity contribution in [1.29, 1.82) is 0 Å². The van der Waals surface area contributed by atoms with Gasteiger partial charge in [-0.2, -0.15) is 5.10 Å². The summed E-state index contributed by atoms with van der Waals surface area (Å²) in [6, 6.07) is 10.3. The van der Waals surface area contributed by atoms with Crippen LogP contribution < -0.4 is 4.90 Å². The van der Waals surface area contributed by atoms with E-state index in [1.165, 1.54) is 4.88 Å². The standard InChI is InChI=1S/C26H25N7S.C2H6/c1-6-7-19(22-11-8-15(2)34-22)23-16(3)28-26(30-23)25-24-21(31-32-25)10-9-20(29-24)17-12-18(33(4)5)14-27-13-17;1-2/h6-14H,1H2,2-5H3,(H,28,30)(H,31,32);1-2H3/b19-7-;. The Balaban J connectivity index is 0.00000148. The van der Waals surface area contributed by atoms with Gasteiger partial charge in [0, 0.05) is 46.9 Å². The second-order valence-corrected chi connectivity index (χ2v) is 9.56. The van der Waals surface area contributed by atoms with Crippen molar-refractivity contribution in [3.8, 4) is 22.8 Å². The lowest BCUT2D eigenvalue weighted by molar-refractivity contribution is 1.10. The zero-order valence-corrected chi connectivity index (χ0v) is 22.4. The van der Waals surface area contributed by atoms with Gasteiger partial charge in [0.15, 0.2) is 11.5 Å². The van der Waals surface area contributed by atoms with E-state index in [0.29, 0.717) is 11.5 Å². The van der Waals surface area contributed by atoms with E-state index in [1.807, 2.05) is 70.4 Å². The van der Waals surface area contributed by atoms with Gasteiger partial charge in [0.25, 0.3) is 0 Å². The fraction of sp³-hybridized carbons (Fsp3) is 0.214. The molecule has 0 spiro atoms. The van der Waals surface area contributed by atoms with E-state index in [1.54, 1.807) is 17.4 Å². The summed E-state index contributed by atoms with van der Waals surface area (Å²) in [6.07, 6.45) is 7.46. The van der Waals surface area contributed by atoms with E-state index in [-0.39, 0.29) is 0 Å². The van der Waals surface area contributed by atoms with Crippen molar-refractivity contribution in [2.24, 2.45) is 0 Å². The van der Waals surface area contributed by atoms with Crippen LogP contribution in [0.5, 0.6) is 0 Å². The van der Waals surface area contributed by atoms with Crippen LogP contribution in [0.15, 0.2) is 61.5 Å². The van der Waals surface area contributed by atoms with Gasteiger partial charge in [-0.3, -0.25) is 10.1 Å². The van der Waals surface area contributed by atoms with Crippen molar-refractivity contribution in [3.63, 3.8) is 0 Å². The smallest absolute Gasteiger partial charge is 0.161 e. The zero-order valence-electron chi connectivity index (χ0n) is 21.5. The minimum atomic E-state index is 0.673. The largest absolute Gasteiger partial charge is 0.376 e. The van der Waals surface area contributed by atoms with E-state index >= 15 is 0 Å². The minimum Gasteiger partial charge on any atom is -0.376 e. The average molecular weight is 498 g/mol. The number of nitrogens with zero attached hydrogens (tertiary/aromatic N) is 5. The second kappa shape index (κ2) is 10.7. The SMILES string of the molecule is C=C/C=C(/c1ccc(C)s1)c1nc(-c2n[nH]c3ccc(-c4cncc(N(C)C)c4)nc23)[nH]c1C.CC. The number of aryl methyl sites for hydroxylation is 2. The first kappa shape index (κ1) is 25.1. The number of allylic oxidation sites excluding steroid dienone is 2. The molecule has 7 nitrogen and oxygen atoms in total. The van der Waals surface area contributed by atoms with E-state index in [2.05, 4.69) is 51.9 Å². The summed E-state index contributed by atoms with van der Waals surface area (Å²) in [5.74, 6) is 0.673. The lowest BCUT2D eigenvalue weighted by Crippen LogP contribution is -2.08. The number of aromatic nitrogens is 6. The maximum Gasteiger partial charge on any atom is 0.161 e. The lowest BCUT2D eigenvalue weighted by Gasteiger charge is -2.12. The third-order valence-corrected chi connectivity index (χ3v) is 6.63. The molecule has 0 unspecified atom stereocenters. The van der Waals surface area contributed by atoms with Gasteiger partial charge < -0.3 is 9.88 Å². The van der Waals surface area contributed by atoms with Crippen molar-refractivity contribution in [3.05, 3.63) is 82.6 Å². The fourth-order valence-corrected chi connectivity index (χ4v) is 4.74. The number of fused-ring (bicyclic) bond motifs is 1. The molecule has 5 aromatic heterocycles. The van der Waals surface area contributed by atoms with Crippen molar-refractivity contribution < 1.29 is 0 Å². The zero-order chi connectivity index (χ0) is 25.8. The highest BCUT2D eigenvalue weighted by Crippen LogP contribution is 2.33. The molecule has 5 aromatic rings. The molecule has 0 atom stereocenters. The highest BCUT2D eigenvalue weighted by molar-refractivity contribution is 7.13. The first-order valence-electron chi connectivity index (χ1n) is 11.9. The Bertz CT molecular complexity index is 1530. The van der Waals surface area contributed by atoms with Crippen LogP contribution in [0.3, 0.4) is 0 Å². The Morgan fingerprint density at radius 3 is 2.56 bits per heavy atom. The first-order chi connectivity index (χ1) is 17.4. The Hall–Kier alpha value is -4.04. The summed E-state index contributed by atoms with van der Waals surface area (Å²) in [6.45, 7) is 12.0. The number of H-pyrrole nitrogens is 2. The molecule has 0 fully saturated rings. The van der Waals surface area contributed by atoms with Gasteiger partial charge in [-0.15, -0.1) is 11.3 Å². The van der Waals surface area contributed by atoms with Crippen molar-refractivity contribution in [2.45, 2.75) is 27.7 Å². The molecule has 5 rings (SSSR count). The number of hydrogen-bond acceptors (Lipinski definition) is 6. The molecule has 0 aromatic carbocycles. The molecule has 36 heavy (non-hydrogen) atoms. The molecule has 0 radical (unpaired) electrons. The summed E-state index contributed by atoms with van der Waals surface area (Å²) in [5, 5.41) is 7.63. The van der Waals surface area contributed by atoms with E-state index in [4.69, 9.17) is 9.97 Å². The molecule has 0 bridgehead atoms. The molecule has 0 aliphatic heterocycles. The molecular formula is C28H31N7S. The number of rotatable bonds is 6. The Kier molecular flexibility index (Phi) is 7.45. The molecular weight excluding hydrogens is 466 g/mol. The van der Waals surface area contributed by atoms with Crippen LogP contribution in [0.25, 0.3) is 39.4 Å². The van der Waals surface area contributed by atoms with Crippen molar-refractivity contribution >= 4 is 33.6 Å². The number of aromatic amines is 2. The first-order valence-corrected chi connectivity index (χ1v) is 12.7. The van der Waals surface area contributed by atoms with Gasteiger partial charge in [0.05, 0.1) is 28.8 Å². The maximum absolute atomic E-state index is 4.94. The molecule has 2 N–H and O–H groups in total. The molecule has 0 aliphatic carbocycles. The normalized spacial score (nSPS) is 11.3. The van der Waals surface area contributed by atoms with Crippen molar-refractivity contribution in [2.75, 3.05) is 19.0 Å². The predicted octanol–water partition coefficient (Wildman–Crippen LogP) is 6.80. The monoisotopic (exact) mass is 497 g/mol. The average Bonchev–Trinajstić information content (AvgIpc) is 3.61. The summed E-state index contributed by atoms with van der Waals surface area (Å²) in [7, 11) is 3.99. The van der Waals surface area contributed by atoms with Crippen LogP contribution >= 0.6 is 11.3 Å². The number of imidazole rings is 1. The summed E-state index contributed by atoms with van der Waals surface area (Å²) >= 11 is 1.74. The minimum absolute atomic E-state index is 0.673. The van der Waals surface area contributed by atoms with Crippen LogP contribution in [0.4, 0.5) is 5.69 Å². The van der Waals surface area contributed by atoms with E-state index in [9.17, 15) is 0 Å². The Morgan fingerprint density at radius 1 is 1.06 bits per heavy atom. The van der Waals surface area contributed by atoms with Gasteiger partial charge in [-0.1, -0.05) is 32.6 Å². The molecule has 0 aliphatic rings. The van der Waals surface area contributed by atoms with Crippen LogP contribution in [-0.4, -0.2) is 44.2 Å². The number of pyridine rings is 2. The van der Waals surface area contributed by atoms with Gasteiger partial charge in [-0.25, -0.2) is 9.97 Å². The number of anilines is 1. The number of nitrogens with one attached hydrogen (secondary N) is 2. The molecule has 5 heterocycles. The predicted molar refractivity (Wildman–Crippen MR) is 151 cm³/mol. The second-order valence-electron chi connectivity index (χ2n) is 8.28. The fourth-order valence-electron chi connectivity index (χ4n) is 3.85. The lowest BCUT2D eigenvalue weighted by atomic mass is 10.1. The van der Waals surface area contributed by atoms with Crippen LogP contribution in [0.1, 0.15) is 35.0 Å². The third kappa shape index (κ3) is 4.85. The molecule has 0 saturated heterocycles. The van der Waals surface area contributed by atoms with E-state index < -0.39 is 0 Å². The molecule has 184 valence electrons. The van der Waals surface area contributed by atoms with Gasteiger partial charge in [0.2, 0.25) is 0 Å². The van der Waals surface area contributed by atoms with Crippen LogP contribution in [0, 0.1) is 13.8 Å². The quantitative estimate of drug-likeness (QED) is 0.252. The Morgan fingerprint density at radius 2 is 1.86 bits per heavy atom.